The lowest BCUT2D eigenvalue weighted by atomic mass is 10.1. The molecule has 0 spiro atoms. The van der Waals surface area contributed by atoms with Crippen LogP contribution >= 0.6 is 22.9 Å². The van der Waals surface area contributed by atoms with Crippen LogP contribution in [0.25, 0.3) is 6.08 Å². The molecular formula is C17H13ClN4O2S. The molecule has 6 nitrogen and oxygen atoms in total. The summed E-state index contributed by atoms with van der Waals surface area (Å²) in [6.07, 6.45) is 5.06. The maximum Gasteiger partial charge on any atom is 0.251 e. The normalized spacial score (nSPS) is 13.4. The molecule has 126 valence electrons. The van der Waals surface area contributed by atoms with Crippen LogP contribution in [0.15, 0.2) is 30.3 Å². The average Bonchev–Trinajstić information content (AvgIpc) is 3.34. The summed E-state index contributed by atoms with van der Waals surface area (Å²) in [7, 11) is 0. The maximum absolute atomic E-state index is 11.9. The van der Waals surface area contributed by atoms with Gasteiger partial charge in [-0.25, -0.2) is 4.98 Å². The number of nitrogens with zero attached hydrogens (tertiary/aromatic N) is 2. The zero-order valence-corrected chi connectivity index (χ0v) is 14.5. The summed E-state index contributed by atoms with van der Waals surface area (Å²) in [5.74, 6) is -0.463. The van der Waals surface area contributed by atoms with E-state index in [-0.39, 0.29) is 27.0 Å². The van der Waals surface area contributed by atoms with Crippen LogP contribution in [0.1, 0.15) is 33.6 Å². The molecule has 1 aromatic heterocycles. The molecule has 3 rings (SSSR count). The lowest BCUT2D eigenvalue weighted by Crippen LogP contribution is -2.25. The zero-order chi connectivity index (χ0) is 17.8. The third-order valence-electron chi connectivity index (χ3n) is 3.43. The number of carbonyl (C=O) groups excluding carboxylic acids is 2. The SMILES string of the molecule is N#Cc1sc(NC(=O)C=Cc2ccc(C(=O)NC3CC3)cc2)nc1Cl. The molecule has 1 aromatic carbocycles. The molecule has 1 aliphatic rings. The lowest BCUT2D eigenvalue weighted by molar-refractivity contribution is -0.111. The third kappa shape index (κ3) is 4.66. The van der Waals surface area contributed by atoms with Crippen molar-refractivity contribution in [1.29, 1.82) is 5.26 Å². The molecule has 1 aliphatic carbocycles. The second kappa shape index (κ2) is 7.47. The molecule has 1 heterocycles. The van der Waals surface area contributed by atoms with Crippen LogP contribution in [-0.4, -0.2) is 22.8 Å². The number of amides is 2. The van der Waals surface area contributed by atoms with Gasteiger partial charge in [-0.3, -0.25) is 14.9 Å². The predicted molar refractivity (Wildman–Crippen MR) is 96.4 cm³/mol. The lowest BCUT2D eigenvalue weighted by Gasteiger charge is -2.03. The summed E-state index contributed by atoms with van der Waals surface area (Å²) in [4.78, 5) is 27.9. The van der Waals surface area contributed by atoms with Crippen LogP contribution in [-0.2, 0) is 4.79 Å². The highest BCUT2D eigenvalue weighted by molar-refractivity contribution is 7.16. The van der Waals surface area contributed by atoms with Crippen molar-refractivity contribution < 1.29 is 9.59 Å². The van der Waals surface area contributed by atoms with Crippen molar-refractivity contribution in [2.75, 3.05) is 5.32 Å². The Kier molecular flexibility index (Phi) is 5.12. The van der Waals surface area contributed by atoms with Crippen molar-refractivity contribution in [2.45, 2.75) is 18.9 Å². The van der Waals surface area contributed by atoms with Crippen molar-refractivity contribution in [3.63, 3.8) is 0 Å². The van der Waals surface area contributed by atoms with Gasteiger partial charge in [0, 0.05) is 17.7 Å². The Hall–Kier alpha value is -2.69. The second-order valence-electron chi connectivity index (χ2n) is 5.44. The molecule has 0 bridgehead atoms. The predicted octanol–water partition coefficient (Wildman–Crippen LogP) is 3.21. The monoisotopic (exact) mass is 372 g/mol. The van der Waals surface area contributed by atoms with Gasteiger partial charge in [-0.15, -0.1) is 0 Å². The molecule has 0 unspecified atom stereocenters. The van der Waals surface area contributed by atoms with Gasteiger partial charge in [0.2, 0.25) is 5.91 Å². The van der Waals surface area contributed by atoms with Crippen molar-refractivity contribution in [3.8, 4) is 6.07 Å². The number of carbonyl (C=O) groups is 2. The third-order valence-corrected chi connectivity index (χ3v) is 4.69. The molecule has 2 N–H and O–H groups in total. The van der Waals surface area contributed by atoms with E-state index in [1.54, 1.807) is 30.3 Å². The molecule has 2 aromatic rings. The van der Waals surface area contributed by atoms with Crippen molar-refractivity contribution >= 4 is 46.0 Å². The number of thiazole rings is 1. The average molecular weight is 373 g/mol. The molecule has 0 aliphatic heterocycles. The van der Waals surface area contributed by atoms with Crippen LogP contribution in [0.5, 0.6) is 0 Å². The minimum atomic E-state index is -0.384. The van der Waals surface area contributed by atoms with E-state index in [1.165, 1.54) is 6.08 Å². The first-order valence-corrected chi connectivity index (χ1v) is 8.71. The fraction of sp³-hybridized carbons (Fsp3) is 0.176. The van der Waals surface area contributed by atoms with E-state index in [9.17, 15) is 9.59 Å². The molecule has 2 amide bonds. The quantitative estimate of drug-likeness (QED) is 0.788. The van der Waals surface area contributed by atoms with E-state index in [0.717, 1.165) is 29.7 Å². The van der Waals surface area contributed by atoms with Gasteiger partial charge in [0.05, 0.1) is 0 Å². The standard InChI is InChI=1S/C17H13ClN4O2S/c18-15-13(9-19)25-17(22-15)21-14(23)8-3-10-1-4-11(5-2-10)16(24)20-12-6-7-12/h1-5,8,12H,6-7H2,(H,20,24)(H,21,22,23). The number of rotatable bonds is 5. The van der Waals surface area contributed by atoms with E-state index >= 15 is 0 Å². The largest absolute Gasteiger partial charge is 0.349 e. The summed E-state index contributed by atoms with van der Waals surface area (Å²) in [5.41, 5.74) is 1.38. The topological polar surface area (TPSA) is 94.9 Å². The van der Waals surface area contributed by atoms with E-state index in [2.05, 4.69) is 15.6 Å². The van der Waals surface area contributed by atoms with Crippen molar-refractivity contribution in [3.05, 3.63) is 51.5 Å². The van der Waals surface area contributed by atoms with Crippen molar-refractivity contribution in [2.24, 2.45) is 0 Å². The van der Waals surface area contributed by atoms with Gasteiger partial charge in [0.15, 0.2) is 10.3 Å². The second-order valence-corrected chi connectivity index (χ2v) is 6.80. The maximum atomic E-state index is 11.9. The van der Waals surface area contributed by atoms with Gasteiger partial charge < -0.3 is 5.32 Å². The highest BCUT2D eigenvalue weighted by atomic mass is 35.5. The molecular weight excluding hydrogens is 360 g/mol. The molecule has 0 saturated heterocycles. The zero-order valence-electron chi connectivity index (χ0n) is 13.0. The van der Waals surface area contributed by atoms with Crippen LogP contribution in [0, 0.1) is 11.3 Å². The summed E-state index contributed by atoms with van der Waals surface area (Å²) >= 11 is 6.76. The van der Waals surface area contributed by atoms with Gasteiger partial charge in [0.1, 0.15) is 10.9 Å². The number of aromatic nitrogens is 1. The molecule has 0 atom stereocenters. The minimum absolute atomic E-state index is 0.0758. The van der Waals surface area contributed by atoms with E-state index in [1.807, 2.05) is 6.07 Å². The van der Waals surface area contributed by atoms with Gasteiger partial charge in [0.25, 0.3) is 5.91 Å². The Bertz CT molecular complexity index is 879. The molecule has 25 heavy (non-hydrogen) atoms. The number of hydrogen-bond acceptors (Lipinski definition) is 5. The van der Waals surface area contributed by atoms with Crippen molar-refractivity contribution in [1.82, 2.24) is 10.3 Å². The van der Waals surface area contributed by atoms with Gasteiger partial charge >= 0.3 is 0 Å². The Labute approximate surface area is 153 Å². The molecule has 1 saturated carbocycles. The molecule has 0 radical (unpaired) electrons. The highest BCUT2D eigenvalue weighted by Crippen LogP contribution is 2.25. The van der Waals surface area contributed by atoms with Gasteiger partial charge in [-0.05, 0) is 36.6 Å². The molecule has 8 heteroatoms. The van der Waals surface area contributed by atoms with Crippen LogP contribution in [0.3, 0.4) is 0 Å². The summed E-state index contributed by atoms with van der Waals surface area (Å²) in [6.45, 7) is 0. The summed E-state index contributed by atoms with van der Waals surface area (Å²) in [6, 6.07) is 9.18. The Balaban J connectivity index is 1.57. The summed E-state index contributed by atoms with van der Waals surface area (Å²) < 4.78 is 0. The fourth-order valence-corrected chi connectivity index (χ4v) is 2.93. The number of anilines is 1. The van der Waals surface area contributed by atoms with Crippen LogP contribution in [0.2, 0.25) is 5.15 Å². The number of nitriles is 1. The Morgan fingerprint density at radius 1 is 1.32 bits per heavy atom. The number of nitrogens with one attached hydrogen (secondary N) is 2. The minimum Gasteiger partial charge on any atom is -0.349 e. The Morgan fingerprint density at radius 2 is 2.04 bits per heavy atom. The number of halogens is 1. The fourth-order valence-electron chi connectivity index (χ4n) is 1.98. The van der Waals surface area contributed by atoms with E-state index in [0.29, 0.717) is 11.6 Å². The van der Waals surface area contributed by atoms with E-state index < -0.39 is 0 Å². The highest BCUT2D eigenvalue weighted by Gasteiger charge is 2.23. The van der Waals surface area contributed by atoms with Gasteiger partial charge in [-0.1, -0.05) is 35.1 Å². The first-order valence-electron chi connectivity index (χ1n) is 7.51. The number of hydrogen-bond donors (Lipinski definition) is 2. The van der Waals surface area contributed by atoms with E-state index in [4.69, 9.17) is 16.9 Å². The number of benzene rings is 1. The first-order chi connectivity index (χ1) is 12.0. The first kappa shape index (κ1) is 17.1. The molecule has 1 fully saturated rings. The summed E-state index contributed by atoms with van der Waals surface area (Å²) in [5, 5.41) is 14.6. The van der Waals surface area contributed by atoms with Crippen LogP contribution < -0.4 is 10.6 Å². The smallest absolute Gasteiger partial charge is 0.251 e. The van der Waals surface area contributed by atoms with Crippen LogP contribution in [0.4, 0.5) is 5.13 Å². The Morgan fingerprint density at radius 3 is 2.64 bits per heavy atom. The van der Waals surface area contributed by atoms with Gasteiger partial charge in [-0.2, -0.15) is 5.26 Å².